The van der Waals surface area contributed by atoms with Crippen molar-refractivity contribution in [3.63, 3.8) is 0 Å². The predicted octanol–water partition coefficient (Wildman–Crippen LogP) is 2.66. The van der Waals surface area contributed by atoms with E-state index >= 15 is 0 Å². The van der Waals surface area contributed by atoms with Crippen molar-refractivity contribution in [3.8, 4) is 0 Å². The quantitative estimate of drug-likeness (QED) is 0.703. The number of aliphatic hydroxyl groups excluding tert-OH is 1. The minimum absolute atomic E-state index is 0.00474. The lowest BCUT2D eigenvalue weighted by Crippen LogP contribution is -2.28. The third kappa shape index (κ3) is 4.52. The van der Waals surface area contributed by atoms with Crippen molar-refractivity contribution in [2.45, 2.75) is 58.5 Å². The average Bonchev–Trinajstić information content (AvgIpc) is 2.65. The van der Waals surface area contributed by atoms with Gasteiger partial charge in [-0.2, -0.15) is 0 Å². The van der Waals surface area contributed by atoms with Crippen LogP contribution in [0.25, 0.3) is 0 Å². The molecule has 2 unspecified atom stereocenters. The summed E-state index contributed by atoms with van der Waals surface area (Å²) in [5.41, 5.74) is 0. The smallest absolute Gasteiger partial charge is 0.0568 e. The molecule has 1 aliphatic carbocycles. The maximum atomic E-state index is 9.73. The van der Waals surface area contributed by atoms with E-state index in [9.17, 15) is 5.11 Å². The van der Waals surface area contributed by atoms with Crippen molar-refractivity contribution in [2.75, 3.05) is 19.6 Å². The highest BCUT2D eigenvalue weighted by atomic mass is 16.3. The van der Waals surface area contributed by atoms with E-state index in [1.807, 2.05) is 0 Å². The lowest BCUT2D eigenvalue weighted by molar-refractivity contribution is 0.118. The van der Waals surface area contributed by atoms with Gasteiger partial charge in [-0.25, -0.2) is 0 Å². The number of aliphatic hydroxyl groups is 1. The van der Waals surface area contributed by atoms with Gasteiger partial charge in [-0.15, -0.1) is 0 Å². The molecule has 0 aliphatic heterocycles. The Balaban J connectivity index is 2.15. The maximum absolute atomic E-state index is 9.73. The number of nitrogens with zero attached hydrogens (tertiary/aromatic N) is 1. The monoisotopic (exact) mass is 213 g/mol. The molecule has 15 heavy (non-hydrogen) atoms. The van der Waals surface area contributed by atoms with Crippen molar-refractivity contribution in [3.05, 3.63) is 0 Å². The fraction of sp³-hybridized carbons (Fsp3) is 1.00. The molecular formula is C13H27NO. The Morgan fingerprint density at radius 3 is 2.53 bits per heavy atom. The molecule has 0 aromatic carbocycles. The van der Waals surface area contributed by atoms with E-state index in [0.29, 0.717) is 5.92 Å². The molecule has 0 amide bonds. The summed E-state index contributed by atoms with van der Waals surface area (Å²) in [5.74, 6) is 0.584. The number of hydrogen-bond donors (Lipinski definition) is 1. The number of rotatable bonds is 7. The van der Waals surface area contributed by atoms with Crippen LogP contribution >= 0.6 is 0 Å². The summed E-state index contributed by atoms with van der Waals surface area (Å²) in [7, 11) is 0. The van der Waals surface area contributed by atoms with E-state index < -0.39 is 0 Å². The first kappa shape index (κ1) is 13.0. The largest absolute Gasteiger partial charge is 0.393 e. The Labute approximate surface area is 94.7 Å². The molecule has 1 fully saturated rings. The molecule has 0 spiro atoms. The first-order valence-corrected chi connectivity index (χ1v) is 6.68. The van der Waals surface area contributed by atoms with Crippen LogP contribution in [0.1, 0.15) is 52.4 Å². The second-order valence-corrected chi connectivity index (χ2v) is 4.83. The van der Waals surface area contributed by atoms with Gasteiger partial charge < -0.3 is 10.0 Å². The predicted molar refractivity (Wildman–Crippen MR) is 65.0 cm³/mol. The molecule has 1 rings (SSSR count). The van der Waals surface area contributed by atoms with Crippen LogP contribution in [-0.4, -0.2) is 35.7 Å². The summed E-state index contributed by atoms with van der Waals surface area (Å²) < 4.78 is 0. The highest BCUT2D eigenvalue weighted by Crippen LogP contribution is 2.28. The van der Waals surface area contributed by atoms with Crippen molar-refractivity contribution < 1.29 is 5.11 Å². The van der Waals surface area contributed by atoms with Gasteiger partial charge in [-0.3, -0.25) is 0 Å². The molecule has 0 heterocycles. The van der Waals surface area contributed by atoms with Gasteiger partial charge in [0.05, 0.1) is 6.10 Å². The van der Waals surface area contributed by atoms with Gasteiger partial charge in [0.25, 0.3) is 0 Å². The van der Waals surface area contributed by atoms with Gasteiger partial charge >= 0.3 is 0 Å². The summed E-state index contributed by atoms with van der Waals surface area (Å²) >= 11 is 0. The van der Waals surface area contributed by atoms with E-state index in [-0.39, 0.29) is 6.10 Å². The molecule has 1 aliphatic rings. The van der Waals surface area contributed by atoms with Crippen LogP contribution in [-0.2, 0) is 0 Å². The number of unbranched alkanes of at least 4 members (excludes halogenated alkanes) is 1. The Bertz CT molecular complexity index is 161. The molecule has 2 heteroatoms. The average molecular weight is 213 g/mol. The summed E-state index contributed by atoms with van der Waals surface area (Å²) in [5, 5.41) is 9.73. The molecule has 0 aromatic heterocycles. The van der Waals surface area contributed by atoms with Gasteiger partial charge in [-0.1, -0.05) is 26.7 Å². The Kier molecular flexibility index (Phi) is 6.26. The van der Waals surface area contributed by atoms with Gasteiger partial charge in [0.1, 0.15) is 0 Å². The zero-order valence-electron chi connectivity index (χ0n) is 10.4. The standard InChI is InChI=1S/C13H27NO/c1-3-5-10-14(4-2)11-9-12-7-6-8-13(12)15/h12-13,15H,3-11H2,1-2H3. The molecule has 1 N–H and O–H groups in total. The topological polar surface area (TPSA) is 23.5 Å². The second kappa shape index (κ2) is 7.24. The van der Waals surface area contributed by atoms with Gasteiger partial charge in [0, 0.05) is 0 Å². The van der Waals surface area contributed by atoms with Crippen molar-refractivity contribution in [1.82, 2.24) is 4.90 Å². The minimum atomic E-state index is -0.00474. The number of hydrogen-bond acceptors (Lipinski definition) is 2. The third-order valence-electron chi connectivity index (χ3n) is 3.71. The first-order valence-electron chi connectivity index (χ1n) is 6.68. The molecule has 90 valence electrons. The Morgan fingerprint density at radius 1 is 1.20 bits per heavy atom. The van der Waals surface area contributed by atoms with Gasteiger partial charge in [-0.05, 0) is 51.2 Å². The summed E-state index contributed by atoms with van der Waals surface area (Å²) in [6.07, 6.45) is 7.28. The van der Waals surface area contributed by atoms with E-state index in [1.165, 1.54) is 45.2 Å². The van der Waals surface area contributed by atoms with Crippen molar-refractivity contribution in [1.29, 1.82) is 0 Å². The van der Waals surface area contributed by atoms with Crippen LogP contribution in [0.2, 0.25) is 0 Å². The van der Waals surface area contributed by atoms with E-state index in [2.05, 4.69) is 18.7 Å². The zero-order valence-corrected chi connectivity index (χ0v) is 10.4. The van der Waals surface area contributed by atoms with Gasteiger partial charge in [0.15, 0.2) is 0 Å². The second-order valence-electron chi connectivity index (χ2n) is 4.83. The molecule has 0 saturated heterocycles. The Hall–Kier alpha value is -0.0800. The van der Waals surface area contributed by atoms with E-state index in [0.717, 1.165) is 13.0 Å². The highest BCUT2D eigenvalue weighted by Gasteiger charge is 2.24. The van der Waals surface area contributed by atoms with Crippen LogP contribution in [0.3, 0.4) is 0 Å². The lowest BCUT2D eigenvalue weighted by Gasteiger charge is -2.23. The van der Waals surface area contributed by atoms with Gasteiger partial charge in [0.2, 0.25) is 0 Å². The van der Waals surface area contributed by atoms with Crippen LogP contribution in [0.5, 0.6) is 0 Å². The van der Waals surface area contributed by atoms with Crippen LogP contribution in [0.15, 0.2) is 0 Å². The summed E-state index contributed by atoms with van der Waals surface area (Å²) in [4.78, 5) is 2.52. The summed E-state index contributed by atoms with van der Waals surface area (Å²) in [6.45, 7) is 8.05. The normalized spacial score (nSPS) is 26.4. The molecule has 0 aromatic rings. The van der Waals surface area contributed by atoms with Crippen LogP contribution in [0.4, 0.5) is 0 Å². The SMILES string of the molecule is CCCCN(CC)CCC1CCCC1O. The Morgan fingerprint density at radius 2 is 2.00 bits per heavy atom. The van der Waals surface area contributed by atoms with E-state index in [4.69, 9.17) is 0 Å². The molecule has 0 bridgehead atoms. The molecule has 1 saturated carbocycles. The molecule has 0 radical (unpaired) electrons. The molecule has 2 nitrogen and oxygen atoms in total. The minimum Gasteiger partial charge on any atom is -0.393 e. The van der Waals surface area contributed by atoms with Crippen molar-refractivity contribution in [2.24, 2.45) is 5.92 Å². The first-order chi connectivity index (χ1) is 7.27. The zero-order chi connectivity index (χ0) is 11.1. The fourth-order valence-corrected chi connectivity index (χ4v) is 2.51. The lowest BCUT2D eigenvalue weighted by atomic mass is 10.0. The van der Waals surface area contributed by atoms with Crippen LogP contribution in [0, 0.1) is 5.92 Å². The van der Waals surface area contributed by atoms with Crippen LogP contribution < -0.4 is 0 Å². The molecular weight excluding hydrogens is 186 g/mol. The molecule has 2 atom stereocenters. The van der Waals surface area contributed by atoms with Crippen molar-refractivity contribution >= 4 is 0 Å². The summed E-state index contributed by atoms with van der Waals surface area (Å²) in [6, 6.07) is 0. The third-order valence-corrected chi connectivity index (χ3v) is 3.71. The maximum Gasteiger partial charge on any atom is 0.0568 e. The highest BCUT2D eigenvalue weighted by molar-refractivity contribution is 4.77. The fourth-order valence-electron chi connectivity index (χ4n) is 2.51. The van der Waals surface area contributed by atoms with E-state index in [1.54, 1.807) is 0 Å².